The van der Waals surface area contributed by atoms with Crippen molar-refractivity contribution in [3.8, 4) is 0 Å². The van der Waals surface area contributed by atoms with Gasteiger partial charge in [-0.25, -0.2) is 0 Å². The maximum absolute atomic E-state index is 13.5. The largest absolute Gasteiger partial charge is 0.349 e. The zero-order valence-corrected chi connectivity index (χ0v) is 17.5. The van der Waals surface area contributed by atoms with Crippen molar-refractivity contribution in [2.75, 3.05) is 0 Å². The minimum Gasteiger partial charge on any atom is -0.349 e. The molecule has 1 atom stereocenters. The topological polar surface area (TPSA) is 75.2 Å². The van der Waals surface area contributed by atoms with Crippen molar-refractivity contribution in [2.24, 2.45) is 0 Å². The molecule has 0 saturated heterocycles. The van der Waals surface area contributed by atoms with Crippen LogP contribution in [0.15, 0.2) is 35.7 Å². The molecule has 1 heterocycles. The van der Waals surface area contributed by atoms with Crippen LogP contribution in [0.3, 0.4) is 0 Å². The predicted molar refractivity (Wildman–Crippen MR) is 110 cm³/mol. The summed E-state index contributed by atoms with van der Waals surface area (Å²) < 4.78 is 3.85. The van der Waals surface area contributed by atoms with E-state index in [1.807, 2.05) is 51.1 Å². The Morgan fingerprint density at radius 1 is 1.25 bits per heavy atom. The fraction of sp³-hybridized carbons (Fsp3) is 0.524. The molecule has 0 aliphatic heterocycles. The van der Waals surface area contributed by atoms with E-state index in [0.717, 1.165) is 49.2 Å². The highest BCUT2D eigenvalue weighted by atomic mass is 32.1. The van der Waals surface area contributed by atoms with Crippen LogP contribution in [0.2, 0.25) is 0 Å². The van der Waals surface area contributed by atoms with Gasteiger partial charge in [0.15, 0.2) is 5.69 Å². The predicted octanol–water partition coefficient (Wildman–Crippen LogP) is 3.97. The molecule has 1 N–H and O–H groups in total. The zero-order chi connectivity index (χ0) is 20.1. The van der Waals surface area contributed by atoms with E-state index in [4.69, 9.17) is 0 Å². The number of rotatable bonds is 7. The molecule has 150 valence electrons. The van der Waals surface area contributed by atoms with E-state index < -0.39 is 6.04 Å². The van der Waals surface area contributed by atoms with Crippen LogP contribution >= 0.6 is 11.5 Å². The Labute approximate surface area is 170 Å². The van der Waals surface area contributed by atoms with Gasteiger partial charge in [0.1, 0.15) is 6.04 Å². The molecule has 2 aromatic rings. The number of hydrogen-bond acceptors (Lipinski definition) is 5. The van der Waals surface area contributed by atoms with Gasteiger partial charge < -0.3 is 10.2 Å². The number of hydrogen-bond donors (Lipinski definition) is 1. The standard InChI is InChI=1S/C21H28N4O2S/c1-4-21(2,3)22-19(26)18(15-10-6-5-7-11-15)25(16-12-8-9-13-16)20(27)17-14-28-24-23-17/h5-7,10-11,14,16,18H,4,8-9,12-13H2,1-3H3,(H,22,26)/t18-/m1/s1. The molecule has 3 rings (SSSR count). The number of aromatic nitrogens is 2. The third-order valence-electron chi connectivity index (χ3n) is 5.52. The van der Waals surface area contributed by atoms with Crippen molar-refractivity contribution < 1.29 is 9.59 Å². The van der Waals surface area contributed by atoms with Crippen LogP contribution < -0.4 is 5.32 Å². The first kappa shape index (κ1) is 20.5. The van der Waals surface area contributed by atoms with Gasteiger partial charge in [-0.1, -0.05) is 54.6 Å². The Balaban J connectivity index is 2.03. The van der Waals surface area contributed by atoms with Gasteiger partial charge in [0.25, 0.3) is 5.91 Å². The zero-order valence-electron chi connectivity index (χ0n) is 16.7. The molecule has 0 spiro atoms. The molecular weight excluding hydrogens is 372 g/mol. The lowest BCUT2D eigenvalue weighted by molar-refractivity contribution is -0.128. The number of nitrogens with zero attached hydrogens (tertiary/aromatic N) is 3. The minimum atomic E-state index is -0.690. The number of carbonyl (C=O) groups is 2. The molecule has 28 heavy (non-hydrogen) atoms. The highest BCUT2D eigenvalue weighted by molar-refractivity contribution is 7.03. The van der Waals surface area contributed by atoms with Crippen LogP contribution in [0.25, 0.3) is 0 Å². The van der Waals surface area contributed by atoms with Gasteiger partial charge in [0.2, 0.25) is 5.91 Å². The van der Waals surface area contributed by atoms with E-state index in [1.165, 1.54) is 0 Å². The maximum Gasteiger partial charge on any atom is 0.276 e. The summed E-state index contributed by atoms with van der Waals surface area (Å²) in [4.78, 5) is 28.6. The maximum atomic E-state index is 13.5. The Kier molecular flexibility index (Phi) is 6.44. The Bertz CT molecular complexity index is 786. The first-order valence-electron chi connectivity index (χ1n) is 9.89. The van der Waals surface area contributed by atoms with E-state index in [0.29, 0.717) is 5.69 Å². The summed E-state index contributed by atoms with van der Waals surface area (Å²) in [7, 11) is 0. The van der Waals surface area contributed by atoms with Crippen LogP contribution in [0, 0.1) is 0 Å². The van der Waals surface area contributed by atoms with Gasteiger partial charge in [-0.3, -0.25) is 9.59 Å². The van der Waals surface area contributed by atoms with E-state index in [9.17, 15) is 9.59 Å². The van der Waals surface area contributed by atoms with Gasteiger partial charge in [-0.2, -0.15) is 0 Å². The van der Waals surface area contributed by atoms with Gasteiger partial charge in [0.05, 0.1) is 0 Å². The fourth-order valence-corrected chi connectivity index (χ4v) is 4.06. The lowest BCUT2D eigenvalue weighted by Crippen LogP contribution is -2.52. The Morgan fingerprint density at radius 2 is 1.93 bits per heavy atom. The van der Waals surface area contributed by atoms with Gasteiger partial charge in [-0.15, -0.1) is 5.10 Å². The molecule has 0 bridgehead atoms. The second-order valence-electron chi connectivity index (χ2n) is 7.98. The molecule has 0 radical (unpaired) electrons. The second-order valence-corrected chi connectivity index (χ2v) is 8.59. The first-order valence-corrected chi connectivity index (χ1v) is 10.7. The summed E-state index contributed by atoms with van der Waals surface area (Å²) in [6.45, 7) is 6.04. The van der Waals surface area contributed by atoms with E-state index >= 15 is 0 Å². The third-order valence-corrected chi connectivity index (χ3v) is 6.02. The second kappa shape index (κ2) is 8.82. The summed E-state index contributed by atoms with van der Waals surface area (Å²) in [5, 5.41) is 8.78. The van der Waals surface area contributed by atoms with Crippen molar-refractivity contribution in [1.82, 2.24) is 19.8 Å². The number of benzene rings is 1. The smallest absolute Gasteiger partial charge is 0.276 e. The Hall–Kier alpha value is -2.28. The van der Waals surface area contributed by atoms with Gasteiger partial charge in [0, 0.05) is 17.0 Å². The normalized spacial score (nSPS) is 16.0. The van der Waals surface area contributed by atoms with Crippen molar-refractivity contribution in [2.45, 2.75) is 70.5 Å². The number of amides is 2. The molecule has 1 aliphatic carbocycles. The van der Waals surface area contributed by atoms with Crippen molar-refractivity contribution in [1.29, 1.82) is 0 Å². The molecule has 1 saturated carbocycles. The lowest BCUT2D eigenvalue weighted by Gasteiger charge is -2.37. The third kappa shape index (κ3) is 4.58. The molecule has 1 aliphatic rings. The highest BCUT2D eigenvalue weighted by Crippen LogP contribution is 2.33. The van der Waals surface area contributed by atoms with Crippen LogP contribution in [0.1, 0.15) is 75.0 Å². The molecule has 1 aromatic heterocycles. The molecule has 1 fully saturated rings. The van der Waals surface area contributed by atoms with E-state index in [2.05, 4.69) is 14.9 Å². The molecular formula is C21H28N4O2S. The monoisotopic (exact) mass is 400 g/mol. The lowest BCUT2D eigenvalue weighted by atomic mass is 9.97. The van der Waals surface area contributed by atoms with Gasteiger partial charge >= 0.3 is 0 Å². The average molecular weight is 401 g/mol. The van der Waals surface area contributed by atoms with E-state index in [1.54, 1.807) is 10.3 Å². The van der Waals surface area contributed by atoms with Gasteiger partial charge in [-0.05, 0) is 50.2 Å². The quantitative estimate of drug-likeness (QED) is 0.763. The molecule has 2 amide bonds. The minimum absolute atomic E-state index is 0.0231. The van der Waals surface area contributed by atoms with E-state index in [-0.39, 0.29) is 23.4 Å². The molecule has 0 unspecified atom stereocenters. The van der Waals surface area contributed by atoms with Crippen LogP contribution in [0.5, 0.6) is 0 Å². The summed E-state index contributed by atoms with van der Waals surface area (Å²) >= 11 is 1.15. The fourth-order valence-electron chi connectivity index (χ4n) is 3.63. The number of nitrogens with one attached hydrogen (secondary N) is 1. The van der Waals surface area contributed by atoms with Crippen LogP contribution in [0.4, 0.5) is 0 Å². The molecule has 1 aromatic carbocycles. The summed E-state index contributed by atoms with van der Waals surface area (Å²) in [6.07, 6.45) is 4.72. The van der Waals surface area contributed by atoms with Crippen molar-refractivity contribution in [3.05, 3.63) is 47.0 Å². The first-order chi connectivity index (χ1) is 13.4. The van der Waals surface area contributed by atoms with Crippen molar-refractivity contribution >= 4 is 23.3 Å². The molecule has 6 nitrogen and oxygen atoms in total. The number of carbonyl (C=O) groups excluding carboxylic acids is 2. The van der Waals surface area contributed by atoms with Crippen LogP contribution in [-0.4, -0.2) is 37.9 Å². The summed E-state index contributed by atoms with van der Waals surface area (Å²) in [5.41, 5.74) is 0.771. The highest BCUT2D eigenvalue weighted by Gasteiger charge is 2.39. The van der Waals surface area contributed by atoms with Crippen LogP contribution in [-0.2, 0) is 4.79 Å². The summed E-state index contributed by atoms with van der Waals surface area (Å²) in [6, 6.07) is 8.89. The van der Waals surface area contributed by atoms with Crippen molar-refractivity contribution in [3.63, 3.8) is 0 Å². The molecule has 7 heteroatoms. The SMILES string of the molecule is CCC(C)(C)NC(=O)[C@@H](c1ccccc1)N(C(=O)c1csnn1)C1CCCC1. The average Bonchev–Trinajstić information content (AvgIpc) is 3.39. The summed E-state index contributed by atoms with van der Waals surface area (Å²) in [5.74, 6) is -0.375. The Morgan fingerprint density at radius 3 is 2.50 bits per heavy atom.